The van der Waals surface area contributed by atoms with Crippen LogP contribution in [-0.4, -0.2) is 42.1 Å². The molecule has 1 fully saturated rings. The lowest BCUT2D eigenvalue weighted by Gasteiger charge is -2.31. The second kappa shape index (κ2) is 4.87. The first-order valence-electron chi connectivity index (χ1n) is 5.19. The van der Waals surface area contributed by atoms with Gasteiger partial charge >= 0.3 is 0 Å². The summed E-state index contributed by atoms with van der Waals surface area (Å²) in [5.74, 6) is 0. The van der Waals surface area contributed by atoms with E-state index < -0.39 is 0 Å². The monoisotopic (exact) mass is 211 g/mol. The first kappa shape index (κ1) is 10.1. The van der Waals surface area contributed by atoms with Gasteiger partial charge in [0.25, 0.3) is 0 Å². The van der Waals surface area contributed by atoms with Crippen LogP contribution in [0.4, 0.5) is 0 Å². The number of nitrogens with one attached hydrogen (secondary N) is 1. The molecule has 1 aromatic rings. The zero-order valence-electron chi connectivity index (χ0n) is 8.57. The van der Waals surface area contributed by atoms with Crippen molar-refractivity contribution in [3.8, 4) is 0 Å². The maximum absolute atomic E-state index is 4.30. The predicted octanol–water partition coefficient (Wildman–Crippen LogP) is 0.979. The summed E-state index contributed by atoms with van der Waals surface area (Å²) in [6, 6.07) is 0.639. The molecule has 3 nitrogen and oxygen atoms in total. The first-order valence-corrected chi connectivity index (χ1v) is 6.06. The van der Waals surface area contributed by atoms with E-state index in [1.165, 1.54) is 18.1 Å². The van der Waals surface area contributed by atoms with Gasteiger partial charge in [0.05, 0.1) is 5.01 Å². The van der Waals surface area contributed by atoms with Gasteiger partial charge in [-0.3, -0.25) is 0 Å². The van der Waals surface area contributed by atoms with Gasteiger partial charge in [-0.15, -0.1) is 11.3 Å². The van der Waals surface area contributed by atoms with E-state index in [1.54, 1.807) is 11.3 Å². The Morgan fingerprint density at radius 3 is 3.36 bits per heavy atom. The normalized spacial score (nSPS) is 23.9. The summed E-state index contributed by atoms with van der Waals surface area (Å²) in [5, 5.41) is 6.76. The summed E-state index contributed by atoms with van der Waals surface area (Å²) in [4.78, 5) is 6.81. The molecule has 0 radical (unpaired) electrons. The number of nitrogens with zero attached hydrogens (tertiary/aromatic N) is 2. The summed E-state index contributed by atoms with van der Waals surface area (Å²) in [5.41, 5.74) is 0. The minimum atomic E-state index is 0.639. The Kier molecular flexibility index (Phi) is 3.50. The highest BCUT2D eigenvalue weighted by Gasteiger charge is 2.14. The lowest BCUT2D eigenvalue weighted by Crippen LogP contribution is -2.49. The average Bonchev–Trinajstić information content (AvgIpc) is 2.67. The topological polar surface area (TPSA) is 28.2 Å². The third-order valence-electron chi connectivity index (χ3n) is 2.58. The van der Waals surface area contributed by atoms with E-state index in [4.69, 9.17) is 0 Å². The SMILES string of the molecule is CC1CN(CCc2nccs2)CCN1. The molecule has 1 N–H and O–H groups in total. The summed E-state index contributed by atoms with van der Waals surface area (Å²) in [6.45, 7) is 6.87. The van der Waals surface area contributed by atoms with Gasteiger partial charge in [0, 0.05) is 50.2 Å². The van der Waals surface area contributed by atoms with Crippen molar-refractivity contribution < 1.29 is 0 Å². The molecule has 0 spiro atoms. The first-order chi connectivity index (χ1) is 6.84. The lowest BCUT2D eigenvalue weighted by molar-refractivity contribution is 0.209. The van der Waals surface area contributed by atoms with Gasteiger partial charge in [-0.2, -0.15) is 0 Å². The fourth-order valence-electron chi connectivity index (χ4n) is 1.85. The minimum absolute atomic E-state index is 0.639. The summed E-state index contributed by atoms with van der Waals surface area (Å²) < 4.78 is 0. The van der Waals surface area contributed by atoms with Crippen LogP contribution in [-0.2, 0) is 6.42 Å². The molecule has 0 aliphatic carbocycles. The lowest BCUT2D eigenvalue weighted by atomic mass is 10.2. The predicted molar refractivity (Wildman–Crippen MR) is 59.7 cm³/mol. The van der Waals surface area contributed by atoms with E-state index in [1.807, 2.05) is 6.20 Å². The molecule has 2 rings (SSSR count). The van der Waals surface area contributed by atoms with Crippen molar-refractivity contribution in [3.05, 3.63) is 16.6 Å². The molecule has 0 amide bonds. The van der Waals surface area contributed by atoms with E-state index in [0.29, 0.717) is 6.04 Å². The molecular formula is C10H17N3S. The van der Waals surface area contributed by atoms with Crippen LogP contribution in [0.25, 0.3) is 0 Å². The van der Waals surface area contributed by atoms with Gasteiger partial charge in [-0.05, 0) is 6.92 Å². The number of piperazine rings is 1. The van der Waals surface area contributed by atoms with Crippen molar-refractivity contribution in [2.75, 3.05) is 26.2 Å². The molecule has 14 heavy (non-hydrogen) atoms. The Hall–Kier alpha value is -0.450. The molecule has 0 bridgehead atoms. The van der Waals surface area contributed by atoms with E-state index in [2.05, 4.69) is 27.5 Å². The van der Waals surface area contributed by atoms with Gasteiger partial charge in [-0.25, -0.2) is 4.98 Å². The zero-order valence-corrected chi connectivity index (χ0v) is 9.39. The molecule has 78 valence electrons. The standard InChI is InChI=1S/C10H17N3S/c1-9-8-13(6-3-11-9)5-2-10-12-4-7-14-10/h4,7,9,11H,2-3,5-6,8H2,1H3. The highest BCUT2D eigenvalue weighted by molar-refractivity contribution is 7.09. The van der Waals surface area contributed by atoms with Crippen LogP contribution in [0.3, 0.4) is 0 Å². The van der Waals surface area contributed by atoms with Crippen molar-refractivity contribution >= 4 is 11.3 Å². The molecule has 1 aliphatic rings. The highest BCUT2D eigenvalue weighted by Crippen LogP contribution is 2.06. The second-order valence-corrected chi connectivity index (χ2v) is 4.81. The Labute approximate surface area is 89.1 Å². The van der Waals surface area contributed by atoms with Crippen LogP contribution in [0, 0.1) is 0 Å². The highest BCUT2D eigenvalue weighted by atomic mass is 32.1. The Morgan fingerprint density at radius 1 is 1.71 bits per heavy atom. The molecule has 2 heterocycles. The van der Waals surface area contributed by atoms with E-state index in [9.17, 15) is 0 Å². The smallest absolute Gasteiger partial charge is 0.0937 e. The van der Waals surface area contributed by atoms with Crippen molar-refractivity contribution in [2.24, 2.45) is 0 Å². The van der Waals surface area contributed by atoms with E-state index in [0.717, 1.165) is 19.5 Å². The van der Waals surface area contributed by atoms with Gasteiger partial charge in [0.15, 0.2) is 0 Å². The number of thiazole rings is 1. The fourth-order valence-corrected chi connectivity index (χ4v) is 2.46. The number of hydrogen-bond donors (Lipinski definition) is 1. The summed E-state index contributed by atoms with van der Waals surface area (Å²) in [7, 11) is 0. The largest absolute Gasteiger partial charge is 0.312 e. The van der Waals surface area contributed by atoms with Crippen LogP contribution >= 0.6 is 11.3 Å². The third kappa shape index (κ3) is 2.77. The molecule has 4 heteroatoms. The van der Waals surface area contributed by atoms with Crippen molar-refractivity contribution in [3.63, 3.8) is 0 Å². The zero-order chi connectivity index (χ0) is 9.80. The van der Waals surface area contributed by atoms with Crippen LogP contribution in [0.5, 0.6) is 0 Å². The number of hydrogen-bond acceptors (Lipinski definition) is 4. The summed E-state index contributed by atoms with van der Waals surface area (Å²) in [6.07, 6.45) is 2.99. The average molecular weight is 211 g/mol. The molecule has 1 unspecified atom stereocenters. The maximum atomic E-state index is 4.30. The van der Waals surface area contributed by atoms with E-state index >= 15 is 0 Å². The van der Waals surface area contributed by atoms with Crippen LogP contribution < -0.4 is 5.32 Å². The van der Waals surface area contributed by atoms with Gasteiger partial charge in [-0.1, -0.05) is 0 Å². The Balaban J connectivity index is 1.75. The number of rotatable bonds is 3. The quantitative estimate of drug-likeness (QED) is 0.808. The number of aromatic nitrogens is 1. The Bertz CT molecular complexity index is 260. The fraction of sp³-hybridized carbons (Fsp3) is 0.700. The van der Waals surface area contributed by atoms with Gasteiger partial charge < -0.3 is 10.2 Å². The molecule has 1 aliphatic heterocycles. The second-order valence-electron chi connectivity index (χ2n) is 3.83. The molecule has 0 aromatic carbocycles. The summed E-state index contributed by atoms with van der Waals surface area (Å²) >= 11 is 1.76. The molecule has 1 saturated heterocycles. The molecular weight excluding hydrogens is 194 g/mol. The Morgan fingerprint density at radius 2 is 2.64 bits per heavy atom. The third-order valence-corrected chi connectivity index (χ3v) is 3.42. The minimum Gasteiger partial charge on any atom is -0.312 e. The van der Waals surface area contributed by atoms with Crippen molar-refractivity contribution in [1.82, 2.24) is 15.2 Å². The van der Waals surface area contributed by atoms with Gasteiger partial charge in [0.1, 0.15) is 0 Å². The van der Waals surface area contributed by atoms with Crippen LogP contribution in [0.15, 0.2) is 11.6 Å². The van der Waals surface area contributed by atoms with Crippen molar-refractivity contribution in [2.45, 2.75) is 19.4 Å². The molecule has 0 saturated carbocycles. The molecule has 1 atom stereocenters. The maximum Gasteiger partial charge on any atom is 0.0937 e. The van der Waals surface area contributed by atoms with Crippen LogP contribution in [0.2, 0.25) is 0 Å². The van der Waals surface area contributed by atoms with Crippen molar-refractivity contribution in [1.29, 1.82) is 0 Å². The van der Waals surface area contributed by atoms with Gasteiger partial charge in [0.2, 0.25) is 0 Å². The molecule has 1 aromatic heterocycles. The van der Waals surface area contributed by atoms with E-state index in [-0.39, 0.29) is 0 Å². The van der Waals surface area contributed by atoms with Crippen LogP contribution in [0.1, 0.15) is 11.9 Å².